The first kappa shape index (κ1) is 14.8. The minimum Gasteiger partial charge on any atom is -0.382 e. The number of ether oxygens (including phenoxy) is 1. The van der Waals surface area contributed by atoms with Gasteiger partial charge in [-0.15, -0.1) is 0 Å². The van der Waals surface area contributed by atoms with Gasteiger partial charge >= 0.3 is 0 Å². The first-order valence-corrected chi connectivity index (χ1v) is 8.62. The zero-order chi connectivity index (χ0) is 14.2. The number of anilines is 1. The fourth-order valence-electron chi connectivity index (χ4n) is 2.89. The molecule has 110 valence electrons. The Kier molecular flexibility index (Phi) is 4.37. The van der Waals surface area contributed by atoms with Gasteiger partial charge in [0.2, 0.25) is 0 Å². The van der Waals surface area contributed by atoms with Crippen LogP contribution in [0.4, 0.5) is 10.1 Å². The number of benzene rings is 1. The van der Waals surface area contributed by atoms with Crippen molar-refractivity contribution in [2.24, 2.45) is 0 Å². The van der Waals surface area contributed by atoms with Crippen molar-refractivity contribution in [3.63, 3.8) is 0 Å². The molecule has 2 unspecified atom stereocenters. The van der Waals surface area contributed by atoms with Crippen molar-refractivity contribution in [1.29, 1.82) is 0 Å². The molecule has 2 aliphatic heterocycles. The molecule has 1 aromatic carbocycles. The number of rotatable bonds is 2. The van der Waals surface area contributed by atoms with Gasteiger partial charge in [-0.3, -0.25) is 0 Å². The van der Waals surface area contributed by atoms with E-state index in [-0.39, 0.29) is 15.6 Å². The monoisotopic (exact) mass is 335 g/mol. The summed E-state index contributed by atoms with van der Waals surface area (Å²) in [6.07, 6.45) is 3.03. The molecule has 0 saturated carbocycles. The molecule has 6 heteroatoms. The van der Waals surface area contributed by atoms with E-state index in [1.54, 1.807) is 12.1 Å². The smallest absolute Gasteiger partial charge is 0.160 e. The predicted molar refractivity (Wildman–Crippen MR) is 83.7 cm³/mol. The van der Waals surface area contributed by atoms with Crippen molar-refractivity contribution in [3.8, 4) is 0 Å². The first-order valence-electron chi connectivity index (χ1n) is 6.71. The van der Waals surface area contributed by atoms with E-state index in [4.69, 9.17) is 27.9 Å². The fraction of sp³-hybridized carbons (Fsp3) is 0.571. The topological polar surface area (TPSA) is 21.3 Å². The number of hydrogen-bond acceptors (Lipinski definition) is 3. The molecule has 0 aromatic heterocycles. The maximum absolute atomic E-state index is 13.4. The summed E-state index contributed by atoms with van der Waals surface area (Å²) in [6.45, 7) is 0.765. The van der Waals surface area contributed by atoms with Crippen LogP contribution in [0, 0.1) is 5.82 Å². The van der Waals surface area contributed by atoms with E-state index in [1.165, 1.54) is 5.75 Å². The largest absolute Gasteiger partial charge is 0.382 e. The van der Waals surface area contributed by atoms with Crippen molar-refractivity contribution in [2.45, 2.75) is 30.9 Å². The summed E-state index contributed by atoms with van der Waals surface area (Å²) in [5, 5.41) is 3.52. The maximum Gasteiger partial charge on any atom is 0.160 e. The van der Waals surface area contributed by atoms with Crippen LogP contribution in [0.25, 0.3) is 0 Å². The molecule has 2 fully saturated rings. The lowest BCUT2D eigenvalue weighted by Crippen LogP contribution is -2.44. The van der Waals surface area contributed by atoms with E-state index >= 15 is 0 Å². The maximum atomic E-state index is 13.4. The second-order valence-corrected chi connectivity index (χ2v) is 7.34. The first-order chi connectivity index (χ1) is 9.58. The third-order valence-corrected chi connectivity index (χ3v) is 5.69. The SMILES string of the molecule is Fc1c(Cl)cc(NC2CCOC3(CCSC3)C2)cc1Cl. The minimum absolute atomic E-state index is 0.0220. The molecule has 2 aliphatic rings. The van der Waals surface area contributed by atoms with Crippen molar-refractivity contribution in [3.05, 3.63) is 28.0 Å². The predicted octanol–water partition coefficient (Wildman–Crippen LogP) is 4.60. The summed E-state index contributed by atoms with van der Waals surface area (Å²) in [6, 6.07) is 3.50. The molecule has 0 bridgehead atoms. The van der Waals surface area contributed by atoms with Gasteiger partial charge in [-0.1, -0.05) is 23.2 Å². The van der Waals surface area contributed by atoms with Crippen molar-refractivity contribution in [1.82, 2.24) is 0 Å². The Morgan fingerprint density at radius 2 is 2.10 bits per heavy atom. The molecule has 2 saturated heterocycles. The average molecular weight is 336 g/mol. The van der Waals surface area contributed by atoms with E-state index in [0.29, 0.717) is 6.04 Å². The van der Waals surface area contributed by atoms with Crippen LogP contribution in [0.5, 0.6) is 0 Å². The van der Waals surface area contributed by atoms with Gasteiger partial charge in [0.05, 0.1) is 15.6 Å². The van der Waals surface area contributed by atoms with Crippen LogP contribution < -0.4 is 5.32 Å². The highest BCUT2D eigenvalue weighted by atomic mass is 35.5. The Morgan fingerprint density at radius 3 is 2.75 bits per heavy atom. The van der Waals surface area contributed by atoms with E-state index in [9.17, 15) is 4.39 Å². The molecular weight excluding hydrogens is 320 g/mol. The lowest BCUT2D eigenvalue weighted by atomic mass is 9.90. The molecular formula is C14H16Cl2FNOS. The Labute approximate surface area is 132 Å². The molecule has 1 aromatic rings. The summed E-state index contributed by atoms with van der Waals surface area (Å²) >= 11 is 13.6. The molecule has 0 aliphatic carbocycles. The lowest BCUT2D eigenvalue weighted by molar-refractivity contribution is -0.0628. The van der Waals surface area contributed by atoms with Gasteiger partial charge in [-0.2, -0.15) is 11.8 Å². The van der Waals surface area contributed by atoms with Gasteiger partial charge < -0.3 is 10.1 Å². The normalized spacial score (nSPS) is 29.9. The zero-order valence-electron chi connectivity index (χ0n) is 10.9. The standard InChI is InChI=1S/C14H16Cl2FNOS/c15-11-5-10(6-12(16)13(11)17)18-9-1-3-19-14(7-9)2-4-20-8-14/h5-6,9,18H,1-4,7-8H2. The van der Waals surface area contributed by atoms with Crippen LogP contribution >= 0.6 is 35.0 Å². The Morgan fingerprint density at radius 1 is 1.35 bits per heavy atom. The second kappa shape index (κ2) is 5.91. The summed E-state index contributed by atoms with van der Waals surface area (Å²) in [5.41, 5.74) is 0.794. The second-order valence-electron chi connectivity index (χ2n) is 5.42. The Bertz CT molecular complexity index is 485. The van der Waals surface area contributed by atoms with Crippen LogP contribution in [-0.4, -0.2) is 29.8 Å². The van der Waals surface area contributed by atoms with Gasteiger partial charge in [-0.25, -0.2) is 4.39 Å². The van der Waals surface area contributed by atoms with Gasteiger partial charge in [0, 0.05) is 24.1 Å². The quantitative estimate of drug-likeness (QED) is 0.798. The molecule has 1 spiro atoms. The molecule has 20 heavy (non-hydrogen) atoms. The number of hydrogen-bond donors (Lipinski definition) is 1. The van der Waals surface area contributed by atoms with Crippen LogP contribution in [0.15, 0.2) is 12.1 Å². The van der Waals surface area contributed by atoms with Crippen molar-refractivity contribution < 1.29 is 9.13 Å². The van der Waals surface area contributed by atoms with Crippen LogP contribution in [0.3, 0.4) is 0 Å². The highest BCUT2D eigenvalue weighted by Crippen LogP contribution is 2.39. The molecule has 2 nitrogen and oxygen atoms in total. The molecule has 1 N–H and O–H groups in total. The van der Waals surface area contributed by atoms with Crippen LogP contribution in [0.2, 0.25) is 10.0 Å². The molecule has 2 heterocycles. The third kappa shape index (κ3) is 3.03. The Balaban J connectivity index is 1.71. The van der Waals surface area contributed by atoms with E-state index in [0.717, 1.165) is 37.3 Å². The van der Waals surface area contributed by atoms with E-state index < -0.39 is 5.82 Å². The van der Waals surface area contributed by atoms with E-state index in [2.05, 4.69) is 5.32 Å². The highest BCUT2D eigenvalue weighted by Gasteiger charge is 2.40. The van der Waals surface area contributed by atoms with Crippen molar-refractivity contribution >= 4 is 40.7 Å². The molecule has 2 atom stereocenters. The van der Waals surface area contributed by atoms with Gasteiger partial charge in [-0.05, 0) is 37.1 Å². The minimum atomic E-state index is -0.561. The highest BCUT2D eigenvalue weighted by molar-refractivity contribution is 7.99. The van der Waals surface area contributed by atoms with Gasteiger partial charge in [0.15, 0.2) is 5.82 Å². The lowest BCUT2D eigenvalue weighted by Gasteiger charge is -2.38. The third-order valence-electron chi connectivity index (χ3n) is 3.91. The van der Waals surface area contributed by atoms with Crippen molar-refractivity contribution in [2.75, 3.05) is 23.4 Å². The fourth-order valence-corrected chi connectivity index (χ4v) is 4.75. The number of thioether (sulfide) groups is 1. The molecule has 0 radical (unpaired) electrons. The Hall–Kier alpha value is -0.160. The summed E-state index contributed by atoms with van der Waals surface area (Å²) in [7, 11) is 0. The molecule has 0 amide bonds. The van der Waals surface area contributed by atoms with Gasteiger partial charge in [0.25, 0.3) is 0 Å². The van der Waals surface area contributed by atoms with Crippen LogP contribution in [0.1, 0.15) is 19.3 Å². The zero-order valence-corrected chi connectivity index (χ0v) is 13.3. The van der Waals surface area contributed by atoms with E-state index in [1.807, 2.05) is 11.8 Å². The summed E-state index contributed by atoms with van der Waals surface area (Å²) in [5.74, 6) is 1.67. The summed E-state index contributed by atoms with van der Waals surface area (Å²) in [4.78, 5) is 0. The van der Waals surface area contributed by atoms with Gasteiger partial charge in [0.1, 0.15) is 0 Å². The number of nitrogens with one attached hydrogen (secondary N) is 1. The average Bonchev–Trinajstić information content (AvgIpc) is 2.84. The number of halogens is 3. The molecule has 3 rings (SSSR count). The van der Waals surface area contributed by atoms with Crippen LogP contribution in [-0.2, 0) is 4.74 Å². The summed E-state index contributed by atoms with van der Waals surface area (Å²) < 4.78 is 19.4.